The van der Waals surface area contributed by atoms with Gasteiger partial charge in [-0.1, -0.05) is 12.1 Å². The largest absolute Gasteiger partial charge is 0.350 e. The van der Waals surface area contributed by atoms with Crippen molar-refractivity contribution in [1.29, 1.82) is 0 Å². The molecular weight excluding hydrogens is 460 g/mol. The SMILES string of the molecule is CC(C(=O)NCc1ccc(I)cc1)n1nc(-c2ccc(F)cc2)ccc1=O. The number of rotatable bonds is 5. The molecule has 0 saturated carbocycles. The molecular formula is C20H17FIN3O2. The summed E-state index contributed by atoms with van der Waals surface area (Å²) in [7, 11) is 0. The van der Waals surface area contributed by atoms with Crippen LogP contribution in [0.1, 0.15) is 18.5 Å². The number of nitrogens with zero attached hydrogens (tertiary/aromatic N) is 2. The van der Waals surface area contributed by atoms with E-state index in [9.17, 15) is 14.0 Å². The summed E-state index contributed by atoms with van der Waals surface area (Å²) in [5, 5.41) is 7.10. The summed E-state index contributed by atoms with van der Waals surface area (Å²) in [5.74, 6) is -0.658. The first-order valence-corrected chi connectivity index (χ1v) is 9.40. The van der Waals surface area contributed by atoms with Gasteiger partial charge in [-0.15, -0.1) is 0 Å². The van der Waals surface area contributed by atoms with Crippen molar-refractivity contribution in [3.63, 3.8) is 0 Å². The maximum Gasteiger partial charge on any atom is 0.267 e. The molecule has 0 radical (unpaired) electrons. The van der Waals surface area contributed by atoms with Gasteiger partial charge in [-0.05, 0) is 77.5 Å². The molecule has 2 aromatic carbocycles. The van der Waals surface area contributed by atoms with E-state index in [1.54, 1.807) is 25.1 Å². The average Bonchev–Trinajstić information content (AvgIpc) is 2.68. The molecule has 1 heterocycles. The van der Waals surface area contributed by atoms with Crippen LogP contribution in [0, 0.1) is 9.39 Å². The lowest BCUT2D eigenvalue weighted by atomic mass is 10.1. The minimum absolute atomic E-state index is 0.306. The molecule has 5 nitrogen and oxygen atoms in total. The van der Waals surface area contributed by atoms with E-state index >= 15 is 0 Å². The predicted molar refractivity (Wildman–Crippen MR) is 110 cm³/mol. The van der Waals surface area contributed by atoms with Gasteiger partial charge in [-0.25, -0.2) is 9.07 Å². The topological polar surface area (TPSA) is 64.0 Å². The maximum absolute atomic E-state index is 13.1. The molecule has 0 aliphatic heterocycles. The monoisotopic (exact) mass is 477 g/mol. The molecule has 0 aliphatic carbocycles. The highest BCUT2D eigenvalue weighted by Gasteiger charge is 2.18. The predicted octanol–water partition coefficient (Wildman–Crippen LogP) is 3.53. The second-order valence-corrected chi connectivity index (χ2v) is 7.27. The van der Waals surface area contributed by atoms with Crippen LogP contribution in [-0.4, -0.2) is 15.7 Å². The third kappa shape index (κ3) is 4.79. The van der Waals surface area contributed by atoms with E-state index in [0.29, 0.717) is 17.8 Å². The lowest BCUT2D eigenvalue weighted by molar-refractivity contribution is -0.124. The highest BCUT2D eigenvalue weighted by Crippen LogP contribution is 2.16. The van der Waals surface area contributed by atoms with Gasteiger partial charge in [0.05, 0.1) is 5.69 Å². The number of aromatic nitrogens is 2. The Morgan fingerprint density at radius 1 is 1.11 bits per heavy atom. The highest BCUT2D eigenvalue weighted by atomic mass is 127. The van der Waals surface area contributed by atoms with Gasteiger partial charge < -0.3 is 5.32 Å². The zero-order chi connectivity index (χ0) is 19.4. The van der Waals surface area contributed by atoms with Gasteiger partial charge in [0.15, 0.2) is 0 Å². The molecule has 27 heavy (non-hydrogen) atoms. The maximum atomic E-state index is 13.1. The summed E-state index contributed by atoms with van der Waals surface area (Å²) >= 11 is 2.22. The van der Waals surface area contributed by atoms with Crippen LogP contribution in [0.25, 0.3) is 11.3 Å². The molecule has 1 N–H and O–H groups in total. The number of carbonyl (C=O) groups excluding carboxylic acids is 1. The fraction of sp³-hybridized carbons (Fsp3) is 0.150. The molecule has 3 aromatic rings. The Bertz CT molecular complexity index is 1000. The summed E-state index contributed by atoms with van der Waals surface area (Å²) in [6.45, 7) is 1.98. The Labute approximate surface area is 169 Å². The first kappa shape index (κ1) is 19.2. The van der Waals surface area contributed by atoms with Crippen molar-refractivity contribution >= 4 is 28.5 Å². The summed E-state index contributed by atoms with van der Waals surface area (Å²) < 4.78 is 15.4. The van der Waals surface area contributed by atoms with Gasteiger partial charge in [-0.3, -0.25) is 9.59 Å². The number of carbonyl (C=O) groups is 1. The zero-order valence-corrected chi connectivity index (χ0v) is 16.7. The quantitative estimate of drug-likeness (QED) is 0.573. The van der Waals surface area contributed by atoms with E-state index in [-0.39, 0.29) is 17.3 Å². The van der Waals surface area contributed by atoms with Crippen LogP contribution in [0.5, 0.6) is 0 Å². The first-order valence-electron chi connectivity index (χ1n) is 8.32. The number of hydrogen-bond donors (Lipinski definition) is 1. The number of hydrogen-bond acceptors (Lipinski definition) is 3. The molecule has 7 heteroatoms. The van der Waals surface area contributed by atoms with Crippen LogP contribution in [0.4, 0.5) is 4.39 Å². The number of nitrogens with one attached hydrogen (secondary N) is 1. The summed E-state index contributed by atoms with van der Waals surface area (Å²) in [5.41, 5.74) is 1.75. The molecule has 0 bridgehead atoms. The van der Waals surface area contributed by atoms with Crippen molar-refractivity contribution in [3.05, 3.63) is 86.0 Å². The molecule has 0 spiro atoms. The Morgan fingerprint density at radius 3 is 2.44 bits per heavy atom. The van der Waals surface area contributed by atoms with Crippen LogP contribution >= 0.6 is 22.6 Å². The third-order valence-corrected chi connectivity index (χ3v) is 4.81. The van der Waals surface area contributed by atoms with Crippen molar-refractivity contribution in [2.45, 2.75) is 19.5 Å². The van der Waals surface area contributed by atoms with E-state index in [0.717, 1.165) is 13.8 Å². The average molecular weight is 477 g/mol. The zero-order valence-electron chi connectivity index (χ0n) is 14.5. The molecule has 0 aliphatic rings. The Balaban J connectivity index is 1.76. The van der Waals surface area contributed by atoms with Crippen molar-refractivity contribution in [1.82, 2.24) is 15.1 Å². The van der Waals surface area contributed by atoms with Gasteiger partial charge >= 0.3 is 0 Å². The van der Waals surface area contributed by atoms with E-state index in [1.165, 1.54) is 18.2 Å². The van der Waals surface area contributed by atoms with Gasteiger partial charge in [-0.2, -0.15) is 5.10 Å². The minimum atomic E-state index is -0.776. The lowest BCUT2D eigenvalue weighted by Crippen LogP contribution is -2.36. The van der Waals surface area contributed by atoms with Crippen LogP contribution in [-0.2, 0) is 11.3 Å². The van der Waals surface area contributed by atoms with E-state index in [4.69, 9.17) is 0 Å². The lowest BCUT2D eigenvalue weighted by Gasteiger charge is -2.15. The molecule has 138 valence electrons. The Hall–Kier alpha value is -2.55. The second kappa shape index (κ2) is 8.43. The minimum Gasteiger partial charge on any atom is -0.350 e. The van der Waals surface area contributed by atoms with E-state index in [2.05, 4.69) is 33.0 Å². The summed E-state index contributed by atoms with van der Waals surface area (Å²) in [6.07, 6.45) is 0. The summed E-state index contributed by atoms with van der Waals surface area (Å²) in [6, 6.07) is 15.7. The number of amides is 1. The van der Waals surface area contributed by atoms with Gasteiger partial charge in [0.1, 0.15) is 11.9 Å². The van der Waals surface area contributed by atoms with Crippen molar-refractivity contribution in [2.75, 3.05) is 0 Å². The fourth-order valence-corrected chi connectivity index (χ4v) is 2.89. The molecule has 3 rings (SSSR count). The molecule has 1 amide bonds. The standard InChI is InChI=1S/C20H17FIN3O2/c1-13(20(27)23-12-14-2-8-17(22)9-3-14)25-19(26)11-10-18(24-25)15-4-6-16(21)7-5-15/h2-11,13H,12H2,1H3,(H,23,27). The molecule has 1 unspecified atom stereocenters. The van der Waals surface area contributed by atoms with Gasteiger partial charge in [0.2, 0.25) is 5.91 Å². The van der Waals surface area contributed by atoms with Gasteiger partial charge in [0, 0.05) is 21.7 Å². The fourth-order valence-electron chi connectivity index (χ4n) is 2.53. The third-order valence-electron chi connectivity index (χ3n) is 4.09. The van der Waals surface area contributed by atoms with Crippen molar-refractivity contribution < 1.29 is 9.18 Å². The molecule has 1 atom stereocenters. The van der Waals surface area contributed by atoms with Crippen LogP contribution in [0.15, 0.2) is 65.5 Å². The highest BCUT2D eigenvalue weighted by molar-refractivity contribution is 14.1. The molecule has 0 saturated heterocycles. The van der Waals surface area contributed by atoms with Crippen molar-refractivity contribution in [3.8, 4) is 11.3 Å². The molecule has 0 fully saturated rings. The number of halogens is 2. The summed E-state index contributed by atoms with van der Waals surface area (Å²) in [4.78, 5) is 24.6. The normalized spacial score (nSPS) is 11.8. The smallest absolute Gasteiger partial charge is 0.267 e. The first-order chi connectivity index (χ1) is 12.9. The van der Waals surface area contributed by atoms with Crippen LogP contribution in [0.3, 0.4) is 0 Å². The number of benzene rings is 2. The second-order valence-electron chi connectivity index (χ2n) is 6.03. The van der Waals surface area contributed by atoms with E-state index < -0.39 is 6.04 Å². The molecule has 1 aromatic heterocycles. The van der Waals surface area contributed by atoms with Crippen molar-refractivity contribution in [2.24, 2.45) is 0 Å². The van der Waals surface area contributed by atoms with Crippen LogP contribution < -0.4 is 10.9 Å². The van der Waals surface area contributed by atoms with Crippen LogP contribution in [0.2, 0.25) is 0 Å². The van der Waals surface area contributed by atoms with Gasteiger partial charge in [0.25, 0.3) is 5.56 Å². The Morgan fingerprint density at radius 2 is 1.78 bits per heavy atom. The van der Waals surface area contributed by atoms with E-state index in [1.807, 2.05) is 24.3 Å². The Kier molecular flexibility index (Phi) is 6.00.